The van der Waals surface area contributed by atoms with Gasteiger partial charge in [-0.15, -0.1) is 0 Å². The summed E-state index contributed by atoms with van der Waals surface area (Å²) in [5.41, 5.74) is 2.68. The summed E-state index contributed by atoms with van der Waals surface area (Å²) < 4.78 is 13.7. The number of fused-ring (bicyclic) bond motifs is 1. The number of rotatable bonds is 3. The van der Waals surface area contributed by atoms with Gasteiger partial charge in [0, 0.05) is 17.0 Å². The summed E-state index contributed by atoms with van der Waals surface area (Å²) in [5, 5.41) is 20.4. The first-order valence-corrected chi connectivity index (χ1v) is 8.10. The normalized spacial score (nSPS) is 12.5. The van der Waals surface area contributed by atoms with Gasteiger partial charge in [-0.1, -0.05) is 25.4 Å². The van der Waals surface area contributed by atoms with Crippen molar-refractivity contribution in [3.05, 3.63) is 52.8 Å². The van der Waals surface area contributed by atoms with Gasteiger partial charge in [0.2, 0.25) is 0 Å². The Morgan fingerprint density at radius 1 is 1.17 bits per heavy atom. The lowest BCUT2D eigenvalue weighted by Gasteiger charge is -2.16. The molecule has 0 fully saturated rings. The van der Waals surface area contributed by atoms with Crippen molar-refractivity contribution in [2.75, 3.05) is 0 Å². The number of hydrogen-bond donors (Lipinski definition) is 2. The minimum atomic E-state index is -0.698. The zero-order chi connectivity index (χ0) is 17.4. The average molecular weight is 346 g/mol. The molecule has 0 spiro atoms. The van der Waals surface area contributed by atoms with Crippen molar-refractivity contribution in [3.8, 4) is 22.8 Å². The van der Waals surface area contributed by atoms with Gasteiger partial charge in [0.1, 0.15) is 5.75 Å². The fourth-order valence-electron chi connectivity index (χ4n) is 2.74. The summed E-state index contributed by atoms with van der Waals surface area (Å²) in [6.45, 7) is 4.15. The highest BCUT2D eigenvalue weighted by Gasteiger charge is 2.16. The van der Waals surface area contributed by atoms with Gasteiger partial charge in [-0.3, -0.25) is 0 Å². The molecule has 1 heterocycles. The average Bonchev–Trinajstić information content (AvgIpc) is 2.56. The SMILES string of the molecule is CCC(C)c1cc(-c2ccc(O)c(F)c2)nc2c(Cl)cc(O)cc12. The molecule has 24 heavy (non-hydrogen) atoms. The summed E-state index contributed by atoms with van der Waals surface area (Å²) in [7, 11) is 0. The summed E-state index contributed by atoms with van der Waals surface area (Å²) in [4.78, 5) is 4.54. The largest absolute Gasteiger partial charge is 0.508 e. The van der Waals surface area contributed by atoms with Crippen LogP contribution in [0.4, 0.5) is 4.39 Å². The van der Waals surface area contributed by atoms with Gasteiger partial charge in [-0.2, -0.15) is 0 Å². The van der Waals surface area contributed by atoms with Crippen molar-refractivity contribution < 1.29 is 14.6 Å². The lowest BCUT2D eigenvalue weighted by molar-refractivity contribution is 0.432. The van der Waals surface area contributed by atoms with E-state index in [9.17, 15) is 14.6 Å². The first-order chi connectivity index (χ1) is 11.4. The van der Waals surface area contributed by atoms with Crippen LogP contribution in [-0.2, 0) is 0 Å². The van der Waals surface area contributed by atoms with Crippen molar-refractivity contribution in [1.29, 1.82) is 0 Å². The smallest absolute Gasteiger partial charge is 0.165 e. The monoisotopic (exact) mass is 345 g/mol. The molecule has 0 aliphatic rings. The Balaban J connectivity index is 2.32. The van der Waals surface area contributed by atoms with Crippen LogP contribution in [0, 0.1) is 5.82 Å². The Morgan fingerprint density at radius 2 is 1.92 bits per heavy atom. The summed E-state index contributed by atoms with van der Waals surface area (Å²) in [5.74, 6) is -0.794. The number of aromatic hydroxyl groups is 2. The number of nitrogens with zero attached hydrogens (tertiary/aromatic N) is 1. The third kappa shape index (κ3) is 2.89. The van der Waals surface area contributed by atoms with E-state index in [0.717, 1.165) is 17.4 Å². The minimum Gasteiger partial charge on any atom is -0.508 e. The maximum absolute atomic E-state index is 13.7. The van der Waals surface area contributed by atoms with E-state index in [2.05, 4.69) is 18.8 Å². The first kappa shape index (κ1) is 16.5. The number of pyridine rings is 1. The molecule has 0 bridgehead atoms. The predicted octanol–water partition coefficient (Wildman–Crippen LogP) is 5.62. The highest BCUT2D eigenvalue weighted by Crippen LogP contribution is 2.36. The van der Waals surface area contributed by atoms with Crippen LogP contribution < -0.4 is 0 Å². The Labute approximate surface area is 144 Å². The standard InChI is InChI=1S/C19H17ClFNO2/c1-3-10(2)13-9-17(11-4-5-18(24)16(21)6-11)22-19-14(13)7-12(23)8-15(19)20/h4-10,23-24H,3H2,1-2H3. The maximum atomic E-state index is 13.7. The summed E-state index contributed by atoms with van der Waals surface area (Å²) >= 11 is 6.26. The molecule has 124 valence electrons. The predicted molar refractivity (Wildman–Crippen MR) is 94.2 cm³/mol. The van der Waals surface area contributed by atoms with Crippen LogP contribution in [0.3, 0.4) is 0 Å². The van der Waals surface area contributed by atoms with Crippen LogP contribution in [0.15, 0.2) is 36.4 Å². The molecule has 3 rings (SSSR count). The Bertz CT molecular complexity index is 927. The van der Waals surface area contributed by atoms with Crippen LogP contribution in [0.2, 0.25) is 5.02 Å². The zero-order valence-corrected chi connectivity index (χ0v) is 14.1. The van der Waals surface area contributed by atoms with Crippen LogP contribution in [0.5, 0.6) is 11.5 Å². The van der Waals surface area contributed by atoms with Gasteiger partial charge in [0.15, 0.2) is 11.6 Å². The van der Waals surface area contributed by atoms with Crippen LogP contribution in [0.25, 0.3) is 22.2 Å². The van der Waals surface area contributed by atoms with Crippen molar-refractivity contribution in [2.45, 2.75) is 26.2 Å². The second-order valence-electron chi connectivity index (χ2n) is 5.90. The number of phenols is 2. The van der Waals surface area contributed by atoms with Crippen molar-refractivity contribution >= 4 is 22.5 Å². The first-order valence-electron chi connectivity index (χ1n) is 7.72. The number of benzene rings is 2. The Hall–Kier alpha value is -2.33. The van der Waals surface area contributed by atoms with Crippen molar-refractivity contribution in [3.63, 3.8) is 0 Å². The topological polar surface area (TPSA) is 53.4 Å². The van der Waals surface area contributed by atoms with E-state index in [1.54, 1.807) is 12.1 Å². The van der Waals surface area contributed by atoms with Gasteiger partial charge < -0.3 is 10.2 Å². The molecule has 0 amide bonds. The van der Waals surface area contributed by atoms with Crippen molar-refractivity contribution in [2.24, 2.45) is 0 Å². The number of halogens is 2. The number of hydrogen-bond acceptors (Lipinski definition) is 3. The van der Waals surface area contributed by atoms with Gasteiger partial charge >= 0.3 is 0 Å². The van der Waals surface area contributed by atoms with E-state index in [0.29, 0.717) is 21.8 Å². The van der Waals surface area contributed by atoms with Gasteiger partial charge in [0.25, 0.3) is 0 Å². The Morgan fingerprint density at radius 3 is 2.58 bits per heavy atom. The summed E-state index contributed by atoms with van der Waals surface area (Å²) in [6.07, 6.45) is 0.899. The highest BCUT2D eigenvalue weighted by atomic mass is 35.5. The highest BCUT2D eigenvalue weighted by molar-refractivity contribution is 6.35. The second-order valence-corrected chi connectivity index (χ2v) is 6.30. The molecule has 0 aliphatic heterocycles. The van der Waals surface area contributed by atoms with Crippen LogP contribution in [0.1, 0.15) is 31.7 Å². The van der Waals surface area contributed by atoms with E-state index in [1.165, 1.54) is 18.2 Å². The van der Waals surface area contributed by atoms with Crippen LogP contribution in [-0.4, -0.2) is 15.2 Å². The third-order valence-corrected chi connectivity index (χ3v) is 4.56. The molecule has 0 saturated carbocycles. The molecule has 5 heteroatoms. The molecule has 3 nitrogen and oxygen atoms in total. The third-order valence-electron chi connectivity index (χ3n) is 4.27. The molecular weight excluding hydrogens is 329 g/mol. The van der Waals surface area contributed by atoms with E-state index in [-0.39, 0.29) is 11.7 Å². The minimum absolute atomic E-state index is 0.0854. The molecule has 0 saturated heterocycles. The summed E-state index contributed by atoms with van der Waals surface area (Å²) in [6, 6.07) is 9.14. The molecule has 0 aliphatic carbocycles. The second kappa shape index (κ2) is 6.29. The van der Waals surface area contributed by atoms with E-state index in [4.69, 9.17) is 11.6 Å². The molecular formula is C19H17ClFNO2. The molecule has 2 aromatic carbocycles. The molecule has 1 unspecified atom stereocenters. The van der Waals surface area contributed by atoms with Gasteiger partial charge in [-0.25, -0.2) is 9.37 Å². The van der Waals surface area contributed by atoms with Gasteiger partial charge in [-0.05, 0) is 48.2 Å². The van der Waals surface area contributed by atoms with Crippen LogP contribution >= 0.6 is 11.6 Å². The lowest BCUT2D eigenvalue weighted by Crippen LogP contribution is -1.98. The molecule has 0 radical (unpaired) electrons. The Kier molecular flexibility index (Phi) is 4.33. The zero-order valence-electron chi connectivity index (χ0n) is 13.3. The van der Waals surface area contributed by atoms with E-state index >= 15 is 0 Å². The number of phenolic OH excluding ortho intramolecular Hbond substituents is 2. The molecule has 3 aromatic rings. The van der Waals surface area contributed by atoms with Gasteiger partial charge in [0.05, 0.1) is 16.2 Å². The molecule has 1 atom stereocenters. The molecule has 1 aromatic heterocycles. The van der Waals surface area contributed by atoms with Crippen molar-refractivity contribution in [1.82, 2.24) is 4.98 Å². The van der Waals surface area contributed by atoms with E-state index in [1.807, 2.05) is 6.07 Å². The van der Waals surface area contributed by atoms with E-state index < -0.39 is 11.6 Å². The quantitative estimate of drug-likeness (QED) is 0.647. The number of aromatic nitrogens is 1. The lowest BCUT2D eigenvalue weighted by atomic mass is 9.93. The molecule has 2 N–H and O–H groups in total. The fraction of sp³-hybridized carbons (Fsp3) is 0.211. The maximum Gasteiger partial charge on any atom is 0.165 e. The fourth-order valence-corrected chi connectivity index (χ4v) is 2.99.